The Bertz CT molecular complexity index is 311. The van der Waals surface area contributed by atoms with Gasteiger partial charge in [-0.05, 0) is 31.6 Å². The number of rotatable bonds is 25. The molecule has 0 aliphatic carbocycles. The topological polar surface area (TPSA) is 0 Å². The van der Waals surface area contributed by atoms with Crippen molar-refractivity contribution in [1.29, 1.82) is 0 Å². The van der Waals surface area contributed by atoms with Crippen LogP contribution in [0.3, 0.4) is 0 Å². The van der Waals surface area contributed by atoms with Crippen LogP contribution in [0.4, 0.5) is 0 Å². The third-order valence-electron chi connectivity index (χ3n) is 6.55. The van der Waals surface area contributed by atoms with Gasteiger partial charge in [0.05, 0.1) is 0 Å². The fourth-order valence-electron chi connectivity index (χ4n) is 4.45. The number of hydrogen-bond donors (Lipinski definition) is 0. The Hall–Kier alpha value is 0.170. The highest BCUT2D eigenvalue weighted by Gasteiger charge is 2.11. The average molecular weight is 439 g/mol. The predicted octanol–water partition coefficient (Wildman–Crippen LogP) is 11.6. The normalized spacial score (nSPS) is 11.5. The lowest BCUT2D eigenvalue weighted by molar-refractivity contribution is 0.561. The lowest BCUT2D eigenvalue weighted by Crippen LogP contribution is -1.95. The molecule has 0 aromatic rings. The second kappa shape index (κ2) is 25.4. The third kappa shape index (κ3) is 21.4. The second-order valence-corrected chi connectivity index (χ2v) is 12.3. The van der Waals surface area contributed by atoms with E-state index in [1.54, 1.807) is 5.31 Å². The third-order valence-corrected chi connectivity index (χ3v) is 9.38. The summed E-state index contributed by atoms with van der Waals surface area (Å²) in [6.07, 6.45) is 34.6. The van der Waals surface area contributed by atoms with E-state index < -0.39 is 0 Å². The molecule has 0 bridgehead atoms. The van der Waals surface area contributed by atoms with Gasteiger partial charge in [-0.3, -0.25) is 0 Å². The Morgan fingerprint density at radius 2 is 0.733 bits per heavy atom. The van der Waals surface area contributed by atoms with E-state index in [0.29, 0.717) is 0 Å². The van der Waals surface area contributed by atoms with E-state index in [4.69, 9.17) is 0 Å². The minimum absolute atomic E-state index is 0.109. The van der Waals surface area contributed by atoms with Gasteiger partial charge in [0.2, 0.25) is 0 Å². The highest BCUT2D eigenvalue weighted by Crippen LogP contribution is 2.47. The molecule has 0 spiro atoms. The van der Waals surface area contributed by atoms with Crippen molar-refractivity contribution in [2.24, 2.45) is 0 Å². The van der Waals surface area contributed by atoms with Crippen LogP contribution in [0.5, 0.6) is 0 Å². The highest BCUT2D eigenvalue weighted by molar-refractivity contribution is 7.62. The van der Waals surface area contributed by atoms with Crippen molar-refractivity contribution in [1.82, 2.24) is 0 Å². The van der Waals surface area contributed by atoms with Crippen LogP contribution in [-0.4, -0.2) is 12.3 Å². The lowest BCUT2D eigenvalue weighted by atomic mass is 10.1. The summed E-state index contributed by atoms with van der Waals surface area (Å²) in [6, 6.07) is 0. The van der Waals surface area contributed by atoms with Crippen LogP contribution < -0.4 is 0 Å². The van der Waals surface area contributed by atoms with Crippen molar-refractivity contribution in [3.8, 4) is 0 Å². The zero-order valence-corrected chi connectivity index (χ0v) is 22.5. The van der Waals surface area contributed by atoms with Gasteiger partial charge in [0.15, 0.2) is 0 Å². The second-order valence-electron chi connectivity index (χ2n) is 9.67. The van der Waals surface area contributed by atoms with Gasteiger partial charge >= 0.3 is 0 Å². The lowest BCUT2D eigenvalue weighted by Gasteiger charge is -2.20. The smallest absolute Gasteiger partial charge is 0.0283 e. The predicted molar refractivity (Wildman–Crippen MR) is 144 cm³/mol. The summed E-state index contributed by atoms with van der Waals surface area (Å²) < 4.78 is 0. The quantitative estimate of drug-likeness (QED) is 0.0981. The fraction of sp³-hybridized carbons (Fsp3) is 0.931. The molecule has 0 fully saturated rings. The molecule has 0 nitrogen and oxygen atoms in total. The van der Waals surface area contributed by atoms with Gasteiger partial charge in [-0.1, -0.05) is 163 Å². The minimum atomic E-state index is 0.109. The zero-order chi connectivity index (χ0) is 22.1. The molecule has 0 heterocycles. The van der Waals surface area contributed by atoms with E-state index in [2.05, 4.69) is 27.4 Å². The van der Waals surface area contributed by atoms with Gasteiger partial charge in [-0.25, -0.2) is 0 Å². The molecule has 0 rings (SSSR count). The first-order valence-corrected chi connectivity index (χ1v) is 15.9. The summed E-state index contributed by atoms with van der Waals surface area (Å²) in [5.74, 6) is 0. The Kier molecular flexibility index (Phi) is 25.6. The van der Waals surface area contributed by atoms with Crippen molar-refractivity contribution in [2.45, 2.75) is 162 Å². The standard InChI is InChI=1S/C29H59P/c1-5-8-10-12-14-16-18-20-22-24-27-30(29(4)26-7-3)28-25-23-21-19-17-15-13-11-9-6-2/h4-28H2,1-3H3. The van der Waals surface area contributed by atoms with Crippen molar-refractivity contribution in [3.05, 3.63) is 11.9 Å². The summed E-state index contributed by atoms with van der Waals surface area (Å²) in [6.45, 7) is 11.4. The first-order chi connectivity index (χ1) is 14.8. The molecule has 0 aliphatic heterocycles. The van der Waals surface area contributed by atoms with Gasteiger partial charge in [0.25, 0.3) is 0 Å². The Morgan fingerprint density at radius 1 is 0.433 bits per heavy atom. The van der Waals surface area contributed by atoms with Crippen molar-refractivity contribution in [2.75, 3.05) is 12.3 Å². The van der Waals surface area contributed by atoms with Crippen LogP contribution in [0.15, 0.2) is 11.9 Å². The summed E-state index contributed by atoms with van der Waals surface area (Å²) >= 11 is 0. The van der Waals surface area contributed by atoms with Gasteiger partial charge in [0.1, 0.15) is 0 Å². The van der Waals surface area contributed by atoms with Gasteiger partial charge in [-0.15, -0.1) is 0 Å². The molecule has 0 aromatic carbocycles. The Labute approximate surface area is 194 Å². The van der Waals surface area contributed by atoms with E-state index in [9.17, 15) is 0 Å². The number of hydrogen-bond acceptors (Lipinski definition) is 0. The van der Waals surface area contributed by atoms with Crippen molar-refractivity contribution in [3.63, 3.8) is 0 Å². The summed E-state index contributed by atoms with van der Waals surface area (Å²) in [5.41, 5.74) is 0. The first kappa shape index (κ1) is 30.2. The summed E-state index contributed by atoms with van der Waals surface area (Å²) in [7, 11) is 0.109. The SMILES string of the molecule is C=C(CCC)P(CCCCCCCCCCCC)CCCCCCCCCCCC. The fourth-order valence-corrected chi connectivity index (χ4v) is 7.06. The van der Waals surface area contributed by atoms with E-state index in [-0.39, 0.29) is 7.92 Å². The van der Waals surface area contributed by atoms with Gasteiger partial charge in [-0.2, -0.15) is 0 Å². The highest BCUT2D eigenvalue weighted by atomic mass is 31.1. The maximum Gasteiger partial charge on any atom is -0.0283 e. The van der Waals surface area contributed by atoms with Gasteiger partial charge < -0.3 is 0 Å². The first-order valence-electron chi connectivity index (χ1n) is 14.2. The molecule has 0 unspecified atom stereocenters. The number of unbranched alkanes of at least 4 members (excludes halogenated alkanes) is 18. The molecule has 0 saturated carbocycles. The van der Waals surface area contributed by atoms with Crippen LogP contribution in [0.1, 0.15) is 162 Å². The molecule has 30 heavy (non-hydrogen) atoms. The van der Waals surface area contributed by atoms with Crippen LogP contribution in [0, 0.1) is 0 Å². The molecule has 0 saturated heterocycles. The molecule has 0 radical (unpaired) electrons. The van der Waals surface area contributed by atoms with Crippen LogP contribution in [-0.2, 0) is 0 Å². The van der Waals surface area contributed by atoms with E-state index in [1.165, 1.54) is 154 Å². The van der Waals surface area contributed by atoms with E-state index in [0.717, 1.165) is 0 Å². The molecule has 180 valence electrons. The molecule has 0 N–H and O–H groups in total. The van der Waals surface area contributed by atoms with Crippen molar-refractivity contribution >= 4 is 7.92 Å². The Morgan fingerprint density at radius 3 is 1.03 bits per heavy atom. The van der Waals surface area contributed by atoms with Crippen LogP contribution >= 0.6 is 7.92 Å². The molecular formula is C29H59P. The molecule has 0 aliphatic rings. The average Bonchev–Trinajstić information content (AvgIpc) is 2.75. The molecule has 0 aromatic heterocycles. The zero-order valence-electron chi connectivity index (χ0n) is 21.6. The summed E-state index contributed by atoms with van der Waals surface area (Å²) in [5, 5.41) is 1.62. The molecule has 0 atom stereocenters. The van der Waals surface area contributed by atoms with Crippen LogP contribution in [0.25, 0.3) is 0 Å². The maximum absolute atomic E-state index is 4.50. The number of allylic oxidation sites excluding steroid dienone is 1. The van der Waals surface area contributed by atoms with Crippen molar-refractivity contribution < 1.29 is 0 Å². The van der Waals surface area contributed by atoms with Gasteiger partial charge in [0, 0.05) is 0 Å². The maximum atomic E-state index is 4.50. The Balaban J connectivity index is 3.70. The minimum Gasteiger partial charge on any atom is -0.0954 e. The summed E-state index contributed by atoms with van der Waals surface area (Å²) in [4.78, 5) is 0. The largest absolute Gasteiger partial charge is 0.0954 e. The van der Waals surface area contributed by atoms with Crippen LogP contribution in [0.2, 0.25) is 0 Å². The molecular weight excluding hydrogens is 379 g/mol. The molecule has 1 heteroatoms. The monoisotopic (exact) mass is 438 g/mol. The van der Waals surface area contributed by atoms with E-state index >= 15 is 0 Å². The molecule has 0 amide bonds. The van der Waals surface area contributed by atoms with E-state index in [1.807, 2.05) is 0 Å².